The highest BCUT2D eigenvalue weighted by Gasteiger charge is 2.26. The maximum absolute atomic E-state index is 12.1. The summed E-state index contributed by atoms with van der Waals surface area (Å²) in [6.07, 6.45) is 1.26. The van der Waals surface area contributed by atoms with Crippen molar-refractivity contribution in [1.29, 1.82) is 0 Å². The molecule has 0 unspecified atom stereocenters. The zero-order chi connectivity index (χ0) is 14.0. The molecule has 2 heterocycles. The Bertz CT molecular complexity index is 675. The van der Waals surface area contributed by atoms with Gasteiger partial charge in [0.25, 0.3) is 10.0 Å². The first-order valence-electron chi connectivity index (χ1n) is 5.05. The minimum Gasteiger partial charge on any atom is -0.475 e. The fourth-order valence-electron chi connectivity index (χ4n) is 1.33. The monoisotopic (exact) mass is 286 g/mol. The Morgan fingerprint density at radius 1 is 1.53 bits per heavy atom. The van der Waals surface area contributed by atoms with Crippen molar-refractivity contribution in [3.8, 4) is 0 Å². The summed E-state index contributed by atoms with van der Waals surface area (Å²) in [7, 11) is -2.59. The van der Waals surface area contributed by atoms with E-state index in [0.29, 0.717) is 5.82 Å². The van der Waals surface area contributed by atoms with Crippen LogP contribution in [0.3, 0.4) is 0 Å². The van der Waals surface area contributed by atoms with Gasteiger partial charge < -0.3 is 9.52 Å². The average Bonchev–Trinajstić information content (AvgIpc) is 2.99. The molecule has 19 heavy (non-hydrogen) atoms. The summed E-state index contributed by atoms with van der Waals surface area (Å²) < 4.78 is 29.9. The van der Waals surface area contributed by atoms with Gasteiger partial charge >= 0.3 is 5.97 Å². The number of nitrogens with one attached hydrogen (secondary N) is 1. The van der Waals surface area contributed by atoms with Gasteiger partial charge in [-0.2, -0.15) is 9.40 Å². The van der Waals surface area contributed by atoms with E-state index in [2.05, 4.69) is 15.2 Å². The Morgan fingerprint density at radius 2 is 2.26 bits per heavy atom. The number of rotatable bonds is 5. The van der Waals surface area contributed by atoms with Gasteiger partial charge in [-0.05, 0) is 12.1 Å². The Balaban J connectivity index is 2.23. The fourth-order valence-corrected chi connectivity index (χ4v) is 2.36. The van der Waals surface area contributed by atoms with Crippen LogP contribution in [0.25, 0.3) is 0 Å². The molecule has 9 nitrogen and oxygen atoms in total. The SMILES string of the molecule is CN(Cc1ncn[nH]1)S(=O)(=O)c1ccc(C(=O)O)o1. The van der Waals surface area contributed by atoms with Crippen molar-refractivity contribution >= 4 is 16.0 Å². The van der Waals surface area contributed by atoms with Gasteiger partial charge in [-0.1, -0.05) is 0 Å². The molecule has 0 aromatic carbocycles. The molecule has 0 aliphatic carbocycles. The Labute approximate surface area is 107 Å². The van der Waals surface area contributed by atoms with Crippen LogP contribution in [0.5, 0.6) is 0 Å². The van der Waals surface area contributed by atoms with E-state index < -0.39 is 26.8 Å². The quantitative estimate of drug-likeness (QED) is 0.786. The third-order valence-corrected chi connectivity index (χ3v) is 3.97. The van der Waals surface area contributed by atoms with Gasteiger partial charge in [0.1, 0.15) is 12.2 Å². The van der Waals surface area contributed by atoms with E-state index >= 15 is 0 Å². The lowest BCUT2D eigenvalue weighted by Crippen LogP contribution is -2.26. The minimum atomic E-state index is -3.91. The smallest absolute Gasteiger partial charge is 0.371 e. The molecule has 0 aliphatic rings. The number of nitrogens with zero attached hydrogens (tertiary/aromatic N) is 3. The Hall–Kier alpha value is -2.20. The van der Waals surface area contributed by atoms with Crippen molar-refractivity contribution < 1.29 is 22.7 Å². The second-order valence-electron chi connectivity index (χ2n) is 3.62. The van der Waals surface area contributed by atoms with Crippen molar-refractivity contribution in [2.45, 2.75) is 11.6 Å². The highest BCUT2D eigenvalue weighted by molar-refractivity contribution is 7.88. The molecule has 0 radical (unpaired) electrons. The van der Waals surface area contributed by atoms with Crippen molar-refractivity contribution in [1.82, 2.24) is 19.5 Å². The Kier molecular flexibility index (Phi) is 3.36. The van der Waals surface area contributed by atoms with Gasteiger partial charge in [0.2, 0.25) is 10.9 Å². The lowest BCUT2D eigenvalue weighted by molar-refractivity contribution is 0.0656. The molecule has 2 aromatic heterocycles. The number of carbonyl (C=O) groups is 1. The zero-order valence-corrected chi connectivity index (χ0v) is 10.6. The number of sulfonamides is 1. The molecule has 2 rings (SSSR count). The van der Waals surface area contributed by atoms with E-state index in [1.165, 1.54) is 13.4 Å². The van der Waals surface area contributed by atoms with E-state index in [0.717, 1.165) is 16.4 Å². The van der Waals surface area contributed by atoms with Crippen LogP contribution in [-0.4, -0.2) is 46.0 Å². The summed E-state index contributed by atoms with van der Waals surface area (Å²) in [6.45, 7) is -0.0363. The van der Waals surface area contributed by atoms with Crippen molar-refractivity contribution in [3.63, 3.8) is 0 Å². The number of H-pyrrole nitrogens is 1. The molecular weight excluding hydrogens is 276 g/mol. The molecular formula is C9H10N4O5S. The second kappa shape index (κ2) is 4.82. The number of aromatic nitrogens is 3. The van der Waals surface area contributed by atoms with E-state index in [-0.39, 0.29) is 6.54 Å². The van der Waals surface area contributed by atoms with Crippen LogP contribution in [0.4, 0.5) is 0 Å². The number of carboxylic acid groups (broad SMARTS) is 1. The third-order valence-electron chi connectivity index (χ3n) is 2.29. The van der Waals surface area contributed by atoms with Crippen LogP contribution >= 0.6 is 0 Å². The van der Waals surface area contributed by atoms with Gasteiger partial charge in [-0.15, -0.1) is 0 Å². The molecule has 102 valence electrons. The van der Waals surface area contributed by atoms with E-state index in [4.69, 9.17) is 9.52 Å². The topological polar surface area (TPSA) is 129 Å². The maximum atomic E-state index is 12.1. The summed E-state index contributed by atoms with van der Waals surface area (Å²) in [5.74, 6) is -1.41. The first-order chi connectivity index (χ1) is 8.91. The molecule has 0 aliphatic heterocycles. The van der Waals surface area contributed by atoms with Crippen molar-refractivity contribution in [2.75, 3.05) is 7.05 Å². The molecule has 2 N–H and O–H groups in total. The van der Waals surface area contributed by atoms with Crippen LogP contribution in [0, 0.1) is 0 Å². The first-order valence-corrected chi connectivity index (χ1v) is 6.49. The van der Waals surface area contributed by atoms with E-state index in [9.17, 15) is 13.2 Å². The lowest BCUT2D eigenvalue weighted by Gasteiger charge is -2.13. The number of hydrogen-bond donors (Lipinski definition) is 2. The summed E-state index contributed by atoms with van der Waals surface area (Å²) >= 11 is 0. The van der Waals surface area contributed by atoms with E-state index in [1.54, 1.807) is 0 Å². The molecule has 0 saturated carbocycles. The normalized spacial score (nSPS) is 11.9. The number of aromatic amines is 1. The summed E-state index contributed by atoms with van der Waals surface area (Å²) in [5, 5.41) is 14.4. The van der Waals surface area contributed by atoms with Crippen LogP contribution in [-0.2, 0) is 16.6 Å². The van der Waals surface area contributed by atoms with Crippen LogP contribution < -0.4 is 0 Å². The standard InChI is InChI=1S/C9H10N4O5S/c1-13(4-7-10-5-11-12-7)19(16,17)8-3-2-6(18-8)9(14)15/h2-3,5H,4H2,1H3,(H,14,15)(H,10,11,12). The molecule has 0 atom stereocenters. The van der Waals surface area contributed by atoms with Gasteiger partial charge in [-0.25, -0.2) is 18.2 Å². The highest BCUT2D eigenvalue weighted by atomic mass is 32.2. The molecule has 0 spiro atoms. The predicted octanol–water partition coefficient (Wildman–Crippen LogP) is -0.0834. The first kappa shape index (κ1) is 13.2. The zero-order valence-electron chi connectivity index (χ0n) is 9.77. The highest BCUT2D eigenvalue weighted by Crippen LogP contribution is 2.18. The minimum absolute atomic E-state index is 0.0363. The van der Waals surface area contributed by atoms with Crippen LogP contribution in [0.15, 0.2) is 28.0 Å². The average molecular weight is 286 g/mol. The number of furan rings is 1. The van der Waals surface area contributed by atoms with Crippen molar-refractivity contribution in [3.05, 3.63) is 30.0 Å². The van der Waals surface area contributed by atoms with E-state index in [1.807, 2.05) is 0 Å². The summed E-state index contributed by atoms with van der Waals surface area (Å²) in [5.41, 5.74) is 0. The van der Waals surface area contributed by atoms with Gasteiger partial charge in [0.05, 0.1) is 6.54 Å². The molecule has 2 aromatic rings. The molecule has 0 amide bonds. The number of carboxylic acids is 1. The van der Waals surface area contributed by atoms with Gasteiger partial charge in [0.15, 0.2) is 0 Å². The molecule has 10 heteroatoms. The molecule has 0 fully saturated rings. The van der Waals surface area contributed by atoms with Crippen LogP contribution in [0.1, 0.15) is 16.4 Å². The number of hydrogen-bond acceptors (Lipinski definition) is 6. The second-order valence-corrected chi connectivity index (χ2v) is 5.59. The van der Waals surface area contributed by atoms with Gasteiger partial charge in [-0.3, -0.25) is 5.10 Å². The largest absolute Gasteiger partial charge is 0.475 e. The third kappa shape index (κ3) is 2.63. The van der Waals surface area contributed by atoms with Crippen molar-refractivity contribution in [2.24, 2.45) is 0 Å². The lowest BCUT2D eigenvalue weighted by atomic mass is 10.5. The molecule has 0 saturated heterocycles. The predicted molar refractivity (Wildman–Crippen MR) is 60.7 cm³/mol. The summed E-state index contributed by atoms with van der Waals surface area (Å²) in [4.78, 5) is 14.4. The summed E-state index contributed by atoms with van der Waals surface area (Å²) in [6, 6.07) is 2.17. The molecule has 0 bridgehead atoms. The maximum Gasteiger partial charge on any atom is 0.371 e. The van der Waals surface area contributed by atoms with Gasteiger partial charge in [0, 0.05) is 7.05 Å². The fraction of sp³-hybridized carbons (Fsp3) is 0.222. The van der Waals surface area contributed by atoms with Crippen LogP contribution in [0.2, 0.25) is 0 Å². The number of aromatic carboxylic acids is 1. The Morgan fingerprint density at radius 3 is 2.79 bits per heavy atom.